The molecule has 1 aromatic carbocycles. The van der Waals surface area contributed by atoms with E-state index in [0.29, 0.717) is 18.1 Å². The van der Waals surface area contributed by atoms with Crippen molar-refractivity contribution in [3.8, 4) is 0 Å². The lowest BCUT2D eigenvalue weighted by molar-refractivity contribution is 0.174. The van der Waals surface area contributed by atoms with Crippen molar-refractivity contribution in [1.29, 1.82) is 0 Å². The SMILES string of the molecule is COCCCCCN1CCN(S(=O)(=O)c2ccc(Cl)c(Cl)c2)CC1. The molecule has 1 aliphatic rings. The normalized spacial score (nSPS) is 17.3. The number of piperazine rings is 1. The zero-order chi connectivity index (χ0) is 17.6. The fourth-order valence-electron chi connectivity index (χ4n) is 2.74. The minimum atomic E-state index is -3.51. The summed E-state index contributed by atoms with van der Waals surface area (Å²) < 4.78 is 31.9. The average molecular weight is 395 g/mol. The van der Waals surface area contributed by atoms with Gasteiger partial charge in [-0.1, -0.05) is 23.2 Å². The number of rotatable bonds is 8. The molecule has 0 aromatic heterocycles. The van der Waals surface area contributed by atoms with Gasteiger partial charge in [0.2, 0.25) is 10.0 Å². The number of unbranched alkanes of at least 4 members (excludes halogenated alkanes) is 2. The van der Waals surface area contributed by atoms with Gasteiger partial charge in [0.05, 0.1) is 14.9 Å². The van der Waals surface area contributed by atoms with Crippen LogP contribution in [-0.4, -0.2) is 64.1 Å². The van der Waals surface area contributed by atoms with E-state index in [9.17, 15) is 8.42 Å². The molecule has 1 aromatic rings. The molecule has 1 heterocycles. The van der Waals surface area contributed by atoms with Crippen molar-refractivity contribution < 1.29 is 13.2 Å². The van der Waals surface area contributed by atoms with Crippen LogP contribution in [0.15, 0.2) is 23.1 Å². The Labute approximate surface area is 154 Å². The second-order valence-corrected chi connectivity index (χ2v) is 8.63. The second-order valence-electron chi connectivity index (χ2n) is 5.88. The largest absolute Gasteiger partial charge is 0.385 e. The van der Waals surface area contributed by atoms with Crippen LogP contribution in [0.3, 0.4) is 0 Å². The molecule has 8 heteroatoms. The van der Waals surface area contributed by atoms with Gasteiger partial charge < -0.3 is 9.64 Å². The predicted molar refractivity (Wildman–Crippen MR) is 97.4 cm³/mol. The molecule has 1 fully saturated rings. The van der Waals surface area contributed by atoms with Crippen LogP contribution in [0.25, 0.3) is 0 Å². The van der Waals surface area contributed by atoms with Gasteiger partial charge in [-0.15, -0.1) is 0 Å². The van der Waals surface area contributed by atoms with Crippen molar-refractivity contribution >= 4 is 33.2 Å². The van der Waals surface area contributed by atoms with Gasteiger partial charge in [-0.05, 0) is 44.0 Å². The molecule has 0 radical (unpaired) electrons. The van der Waals surface area contributed by atoms with Crippen molar-refractivity contribution in [1.82, 2.24) is 9.21 Å². The van der Waals surface area contributed by atoms with Crippen LogP contribution in [0, 0.1) is 0 Å². The van der Waals surface area contributed by atoms with E-state index in [4.69, 9.17) is 27.9 Å². The minimum Gasteiger partial charge on any atom is -0.385 e. The highest BCUT2D eigenvalue weighted by Crippen LogP contribution is 2.27. The minimum absolute atomic E-state index is 0.199. The van der Waals surface area contributed by atoms with Crippen molar-refractivity contribution in [3.63, 3.8) is 0 Å². The summed E-state index contributed by atoms with van der Waals surface area (Å²) in [5.41, 5.74) is 0. The van der Waals surface area contributed by atoms with E-state index in [-0.39, 0.29) is 9.92 Å². The Morgan fingerprint density at radius 2 is 1.75 bits per heavy atom. The van der Waals surface area contributed by atoms with Crippen molar-refractivity contribution in [2.75, 3.05) is 46.4 Å². The molecule has 1 aliphatic heterocycles. The van der Waals surface area contributed by atoms with E-state index in [2.05, 4.69) is 4.90 Å². The van der Waals surface area contributed by atoms with Crippen LogP contribution in [0.5, 0.6) is 0 Å². The molecule has 1 saturated heterocycles. The fourth-order valence-corrected chi connectivity index (χ4v) is 4.55. The molecule has 0 spiro atoms. The average Bonchev–Trinajstić information content (AvgIpc) is 2.57. The molecule has 0 bridgehead atoms. The number of nitrogens with zero attached hydrogens (tertiary/aromatic N) is 2. The summed E-state index contributed by atoms with van der Waals surface area (Å²) in [4.78, 5) is 2.51. The Bertz CT molecular complexity index is 632. The Kier molecular flexibility index (Phi) is 7.78. The molecule has 24 heavy (non-hydrogen) atoms. The summed E-state index contributed by atoms with van der Waals surface area (Å²) >= 11 is 11.8. The molecular weight excluding hydrogens is 371 g/mol. The third kappa shape index (κ3) is 5.31. The molecule has 136 valence electrons. The van der Waals surface area contributed by atoms with Gasteiger partial charge in [0.1, 0.15) is 0 Å². The molecule has 0 saturated carbocycles. The molecule has 0 N–H and O–H groups in total. The fraction of sp³-hybridized carbons (Fsp3) is 0.625. The van der Waals surface area contributed by atoms with Crippen molar-refractivity contribution in [2.24, 2.45) is 0 Å². The predicted octanol–water partition coefficient (Wildman–Crippen LogP) is 3.12. The van der Waals surface area contributed by atoms with E-state index >= 15 is 0 Å². The van der Waals surface area contributed by atoms with Crippen molar-refractivity contribution in [2.45, 2.75) is 24.2 Å². The third-order valence-electron chi connectivity index (χ3n) is 4.18. The van der Waals surface area contributed by atoms with Gasteiger partial charge in [-0.3, -0.25) is 0 Å². The zero-order valence-corrected chi connectivity index (χ0v) is 16.2. The maximum Gasteiger partial charge on any atom is 0.243 e. The smallest absolute Gasteiger partial charge is 0.243 e. The quantitative estimate of drug-likeness (QED) is 0.635. The number of halogens is 2. The number of ether oxygens (including phenoxy) is 1. The van der Waals surface area contributed by atoms with Gasteiger partial charge in [-0.25, -0.2) is 8.42 Å². The maximum atomic E-state index is 12.7. The molecule has 2 rings (SSSR count). The first-order valence-electron chi connectivity index (χ1n) is 8.11. The van der Waals surface area contributed by atoms with Crippen LogP contribution >= 0.6 is 23.2 Å². The summed E-state index contributed by atoms with van der Waals surface area (Å²) in [6.45, 7) is 4.32. The monoisotopic (exact) mass is 394 g/mol. The lowest BCUT2D eigenvalue weighted by atomic mass is 10.2. The lowest BCUT2D eigenvalue weighted by Crippen LogP contribution is -2.48. The van der Waals surface area contributed by atoms with E-state index in [1.165, 1.54) is 22.5 Å². The molecule has 5 nitrogen and oxygen atoms in total. The van der Waals surface area contributed by atoms with Crippen LogP contribution in [-0.2, 0) is 14.8 Å². The van der Waals surface area contributed by atoms with Gasteiger partial charge >= 0.3 is 0 Å². The second kappa shape index (κ2) is 9.36. The summed E-state index contributed by atoms with van der Waals surface area (Å²) in [6.07, 6.45) is 3.32. The molecular formula is C16H24Cl2N2O3S. The highest BCUT2D eigenvalue weighted by molar-refractivity contribution is 7.89. The van der Waals surface area contributed by atoms with E-state index < -0.39 is 10.0 Å². The Balaban J connectivity index is 1.85. The maximum absolute atomic E-state index is 12.7. The van der Waals surface area contributed by atoms with Gasteiger partial charge in [0, 0.05) is 39.9 Å². The third-order valence-corrected chi connectivity index (χ3v) is 6.82. The Hall–Kier alpha value is -0.370. The van der Waals surface area contributed by atoms with E-state index in [1.54, 1.807) is 7.11 Å². The van der Waals surface area contributed by atoms with Gasteiger partial charge in [-0.2, -0.15) is 4.31 Å². The number of sulfonamides is 1. The molecule has 0 unspecified atom stereocenters. The first-order valence-corrected chi connectivity index (χ1v) is 10.3. The van der Waals surface area contributed by atoms with Gasteiger partial charge in [0.25, 0.3) is 0 Å². The van der Waals surface area contributed by atoms with Gasteiger partial charge in [0.15, 0.2) is 0 Å². The lowest BCUT2D eigenvalue weighted by Gasteiger charge is -2.34. The standard InChI is InChI=1S/C16H24Cl2N2O3S/c1-23-12-4-2-3-7-19-8-10-20(11-9-19)24(21,22)14-5-6-15(17)16(18)13-14/h5-6,13H,2-4,7-12H2,1H3. The van der Waals surface area contributed by atoms with Crippen LogP contribution in [0.1, 0.15) is 19.3 Å². The molecule has 0 amide bonds. The topological polar surface area (TPSA) is 49.9 Å². The summed E-state index contributed by atoms with van der Waals surface area (Å²) in [5, 5.41) is 0.612. The molecule has 0 aliphatic carbocycles. The summed E-state index contributed by atoms with van der Waals surface area (Å²) in [5.74, 6) is 0. The zero-order valence-electron chi connectivity index (χ0n) is 13.9. The summed E-state index contributed by atoms with van der Waals surface area (Å²) in [6, 6.07) is 4.44. The first-order chi connectivity index (χ1) is 11.4. The van der Waals surface area contributed by atoms with Crippen molar-refractivity contribution in [3.05, 3.63) is 28.2 Å². The first kappa shape index (κ1) is 19.9. The van der Waals surface area contributed by atoms with Crippen LogP contribution in [0.2, 0.25) is 10.0 Å². The van der Waals surface area contributed by atoms with E-state index in [0.717, 1.165) is 45.5 Å². The molecule has 0 atom stereocenters. The number of hydrogen-bond donors (Lipinski definition) is 0. The number of hydrogen-bond acceptors (Lipinski definition) is 4. The Morgan fingerprint density at radius 1 is 1.04 bits per heavy atom. The van der Waals surface area contributed by atoms with Crippen LogP contribution < -0.4 is 0 Å². The summed E-state index contributed by atoms with van der Waals surface area (Å²) in [7, 11) is -1.79. The van der Waals surface area contributed by atoms with E-state index in [1.807, 2.05) is 0 Å². The number of methoxy groups -OCH3 is 1. The highest BCUT2D eigenvalue weighted by Gasteiger charge is 2.28. The highest BCUT2D eigenvalue weighted by atomic mass is 35.5. The number of benzene rings is 1. The Morgan fingerprint density at radius 3 is 2.38 bits per heavy atom. The van der Waals surface area contributed by atoms with Crippen LogP contribution in [0.4, 0.5) is 0 Å².